The molecule has 28 heavy (non-hydrogen) atoms. The van der Waals surface area contributed by atoms with E-state index in [1.54, 1.807) is 12.3 Å². The van der Waals surface area contributed by atoms with Gasteiger partial charge >= 0.3 is 6.03 Å². The number of carbonyl (C=O) groups is 1. The number of aryl methyl sites for hydroxylation is 1. The normalized spacial score (nSPS) is 20.9. The van der Waals surface area contributed by atoms with Crippen LogP contribution in [-0.2, 0) is 29.2 Å². The van der Waals surface area contributed by atoms with E-state index in [-0.39, 0.29) is 4.21 Å². The highest BCUT2D eigenvalue weighted by atomic mass is 32.2. The molecular formula is C19H24N4O3S2. The first kappa shape index (κ1) is 19.5. The van der Waals surface area contributed by atoms with E-state index in [2.05, 4.69) is 16.6 Å². The number of anilines is 1. The van der Waals surface area contributed by atoms with Gasteiger partial charge in [0, 0.05) is 11.4 Å². The predicted octanol–water partition coefficient (Wildman–Crippen LogP) is 3.67. The topological polar surface area (TPSA) is 118 Å². The number of pyridine rings is 1. The van der Waals surface area contributed by atoms with E-state index in [0.29, 0.717) is 11.5 Å². The van der Waals surface area contributed by atoms with Crippen molar-refractivity contribution in [3.8, 4) is 0 Å². The van der Waals surface area contributed by atoms with Crippen molar-refractivity contribution in [2.24, 2.45) is 9.50 Å². The number of nitrogens with zero attached hydrogens (tertiary/aromatic N) is 2. The molecule has 7 nitrogen and oxygen atoms in total. The van der Waals surface area contributed by atoms with Gasteiger partial charge in [0.25, 0.3) is 0 Å². The first-order valence-electron chi connectivity index (χ1n) is 9.43. The second-order valence-corrected chi connectivity index (χ2v) is 10.5. The lowest BCUT2D eigenvalue weighted by Gasteiger charge is -2.15. The minimum absolute atomic E-state index is 0.275. The number of hydrogen-bond donors (Lipinski definition) is 3. The summed E-state index contributed by atoms with van der Waals surface area (Å²) in [5, 5.41) is 20.0. The monoisotopic (exact) mass is 420 g/mol. The van der Waals surface area contributed by atoms with Crippen molar-refractivity contribution in [3.05, 3.63) is 39.5 Å². The molecule has 0 saturated carbocycles. The third kappa shape index (κ3) is 3.47. The highest BCUT2D eigenvalue weighted by molar-refractivity contribution is 7.93. The van der Waals surface area contributed by atoms with Crippen LogP contribution in [0.25, 0.3) is 0 Å². The standard InChI is InChI=1S/C19H24N4O3S2/c1-10-6-7-14-17(10)21-15-5-3-4-13(15)18(14)22-19(25)23-28(20,26)16-8-12(9-27-16)11(2)24/h8-11,24H,3-7H2,1-2H3,(H3,20,21,22,23,25,26)/t10-,11?,28+/m1/s1. The average Bonchev–Trinajstić information content (AvgIpc) is 3.34. The summed E-state index contributed by atoms with van der Waals surface area (Å²) in [5.41, 5.74) is 5.66. The number of urea groups is 1. The number of rotatable bonds is 3. The number of aromatic nitrogens is 1. The third-order valence-electron chi connectivity index (χ3n) is 5.47. The lowest BCUT2D eigenvalue weighted by Crippen LogP contribution is -2.18. The SMILES string of the molecule is CC(O)c1csc([S@@](N)(=O)=NC(=O)Nc2c3c(nc4c2CC[C@H]4C)CCC3)c1. The number of carbonyl (C=O) groups excluding carboxylic acids is 1. The van der Waals surface area contributed by atoms with Crippen LogP contribution in [0.4, 0.5) is 10.5 Å². The van der Waals surface area contributed by atoms with Crippen LogP contribution in [0, 0.1) is 0 Å². The van der Waals surface area contributed by atoms with E-state index in [4.69, 9.17) is 10.1 Å². The van der Waals surface area contributed by atoms with Gasteiger partial charge in [-0.05, 0) is 73.1 Å². The molecule has 2 heterocycles. The Morgan fingerprint density at radius 3 is 2.93 bits per heavy atom. The van der Waals surface area contributed by atoms with Gasteiger partial charge in [-0.1, -0.05) is 6.92 Å². The highest BCUT2D eigenvalue weighted by Gasteiger charge is 2.30. The van der Waals surface area contributed by atoms with Crippen molar-refractivity contribution in [3.63, 3.8) is 0 Å². The van der Waals surface area contributed by atoms with Gasteiger partial charge in [0.2, 0.25) is 0 Å². The highest BCUT2D eigenvalue weighted by Crippen LogP contribution is 2.41. The lowest BCUT2D eigenvalue weighted by molar-refractivity contribution is 0.199. The van der Waals surface area contributed by atoms with Crippen molar-refractivity contribution < 1.29 is 14.1 Å². The van der Waals surface area contributed by atoms with Crippen LogP contribution < -0.4 is 10.5 Å². The van der Waals surface area contributed by atoms with Gasteiger partial charge in [0.15, 0.2) is 9.92 Å². The molecule has 0 aromatic carbocycles. The molecule has 0 bridgehead atoms. The fraction of sp³-hybridized carbons (Fsp3) is 0.474. The van der Waals surface area contributed by atoms with E-state index in [0.717, 1.165) is 71.6 Å². The van der Waals surface area contributed by atoms with E-state index in [1.807, 2.05) is 0 Å². The van der Waals surface area contributed by atoms with Crippen molar-refractivity contribution in [2.45, 2.75) is 62.2 Å². The Morgan fingerprint density at radius 1 is 1.43 bits per heavy atom. The maximum absolute atomic E-state index is 12.8. The molecule has 0 saturated heterocycles. The number of fused-ring (bicyclic) bond motifs is 2. The zero-order valence-corrected chi connectivity index (χ0v) is 17.5. The molecule has 4 N–H and O–H groups in total. The molecule has 1 unspecified atom stereocenters. The summed E-state index contributed by atoms with van der Waals surface area (Å²) in [6.07, 6.45) is 3.99. The fourth-order valence-electron chi connectivity index (χ4n) is 3.95. The van der Waals surface area contributed by atoms with Gasteiger partial charge in [0.05, 0.1) is 11.8 Å². The summed E-state index contributed by atoms with van der Waals surface area (Å²) in [5.74, 6) is 0.372. The summed E-state index contributed by atoms with van der Waals surface area (Å²) in [6, 6.07) is 0.833. The molecule has 2 aromatic rings. The molecule has 2 aromatic heterocycles. The number of aliphatic hydroxyl groups excluding tert-OH is 1. The Bertz CT molecular complexity index is 1070. The van der Waals surface area contributed by atoms with Crippen molar-refractivity contribution in [1.29, 1.82) is 0 Å². The first-order valence-corrected chi connectivity index (χ1v) is 11.9. The molecule has 0 radical (unpaired) electrons. The quantitative estimate of drug-likeness (QED) is 0.702. The zero-order chi connectivity index (χ0) is 20.1. The van der Waals surface area contributed by atoms with Crippen LogP contribution in [-0.4, -0.2) is 20.3 Å². The minimum Gasteiger partial charge on any atom is -0.389 e. The van der Waals surface area contributed by atoms with Crippen molar-refractivity contribution >= 4 is 33.0 Å². The van der Waals surface area contributed by atoms with Crippen LogP contribution in [0.15, 0.2) is 20.0 Å². The second kappa shape index (κ2) is 7.22. The van der Waals surface area contributed by atoms with E-state index in [1.165, 1.54) is 6.07 Å². The maximum atomic E-state index is 12.8. The molecule has 150 valence electrons. The smallest absolute Gasteiger partial charge is 0.354 e. The van der Waals surface area contributed by atoms with Crippen LogP contribution in [0.5, 0.6) is 0 Å². The summed E-state index contributed by atoms with van der Waals surface area (Å²) in [4.78, 5) is 17.5. The Morgan fingerprint density at radius 2 is 2.21 bits per heavy atom. The average molecular weight is 421 g/mol. The maximum Gasteiger partial charge on any atom is 0.354 e. The number of nitrogens with two attached hydrogens (primary N) is 1. The van der Waals surface area contributed by atoms with Crippen LogP contribution >= 0.6 is 11.3 Å². The summed E-state index contributed by atoms with van der Waals surface area (Å²) in [7, 11) is -3.38. The van der Waals surface area contributed by atoms with Crippen LogP contribution in [0.1, 0.15) is 66.8 Å². The van der Waals surface area contributed by atoms with Gasteiger partial charge in [-0.25, -0.2) is 14.1 Å². The Labute approximate surface area is 168 Å². The molecule has 4 rings (SSSR count). The van der Waals surface area contributed by atoms with E-state index in [9.17, 15) is 14.1 Å². The van der Waals surface area contributed by atoms with Gasteiger partial charge in [-0.3, -0.25) is 4.98 Å². The molecule has 0 aliphatic heterocycles. The Balaban J connectivity index is 1.67. The van der Waals surface area contributed by atoms with Gasteiger partial charge < -0.3 is 10.4 Å². The van der Waals surface area contributed by atoms with Gasteiger partial charge in [-0.15, -0.1) is 15.7 Å². The van der Waals surface area contributed by atoms with Crippen LogP contribution in [0.2, 0.25) is 0 Å². The second-order valence-electron chi connectivity index (χ2n) is 7.53. The number of amides is 2. The molecule has 0 spiro atoms. The van der Waals surface area contributed by atoms with Crippen LogP contribution in [0.3, 0.4) is 0 Å². The molecule has 9 heteroatoms. The molecule has 2 aliphatic carbocycles. The largest absolute Gasteiger partial charge is 0.389 e. The Kier molecular flexibility index (Phi) is 5.03. The van der Waals surface area contributed by atoms with E-state index < -0.39 is 22.1 Å². The summed E-state index contributed by atoms with van der Waals surface area (Å²) >= 11 is 1.13. The number of thiophene rings is 1. The number of aliphatic hydroxyl groups is 1. The fourth-order valence-corrected chi connectivity index (χ4v) is 6.17. The molecule has 3 atom stereocenters. The Hall–Kier alpha value is -1.81. The first-order chi connectivity index (χ1) is 13.3. The summed E-state index contributed by atoms with van der Waals surface area (Å²) < 4.78 is 16.9. The van der Waals surface area contributed by atoms with Gasteiger partial charge in [0.1, 0.15) is 4.21 Å². The van der Waals surface area contributed by atoms with Crippen molar-refractivity contribution in [2.75, 3.05) is 5.32 Å². The predicted molar refractivity (Wildman–Crippen MR) is 110 cm³/mol. The van der Waals surface area contributed by atoms with Gasteiger partial charge in [-0.2, -0.15) is 0 Å². The zero-order valence-electron chi connectivity index (χ0n) is 15.9. The molecule has 2 aliphatic rings. The minimum atomic E-state index is -3.38. The lowest BCUT2D eigenvalue weighted by atomic mass is 10.0. The molecule has 0 fully saturated rings. The number of hydrogen-bond acceptors (Lipinski definition) is 5. The number of nitrogens with one attached hydrogen (secondary N) is 1. The van der Waals surface area contributed by atoms with Crippen molar-refractivity contribution in [1.82, 2.24) is 4.98 Å². The third-order valence-corrected chi connectivity index (χ3v) is 8.34. The van der Waals surface area contributed by atoms with E-state index >= 15 is 0 Å². The molecular weight excluding hydrogens is 396 g/mol. The summed E-state index contributed by atoms with van der Waals surface area (Å²) in [6.45, 7) is 3.76. The molecule has 2 amide bonds.